The second-order valence-electron chi connectivity index (χ2n) is 3.50. The molecule has 0 saturated heterocycles. The molecule has 0 radical (unpaired) electrons. The Hall–Kier alpha value is -0.420. The molecule has 0 atom stereocenters. The molecule has 0 saturated carbocycles. The lowest BCUT2D eigenvalue weighted by molar-refractivity contribution is 0.692. The molecule has 0 amide bonds. The van der Waals surface area contributed by atoms with Crippen molar-refractivity contribution in [3.8, 4) is 0 Å². The van der Waals surface area contributed by atoms with E-state index in [-0.39, 0.29) is 0 Å². The van der Waals surface area contributed by atoms with Gasteiger partial charge in [-0.25, -0.2) is 4.98 Å². The number of nitrogens with zero attached hydrogens (tertiary/aromatic N) is 1. The Morgan fingerprint density at radius 1 is 1.38 bits per heavy atom. The molecule has 0 aromatic carbocycles. The average Bonchev–Trinajstić information content (AvgIpc) is 2.83. The summed E-state index contributed by atoms with van der Waals surface area (Å²) in [7, 11) is 0. The first-order valence-corrected chi connectivity index (χ1v) is 7.11. The van der Waals surface area contributed by atoms with Crippen LogP contribution in [0.2, 0.25) is 4.34 Å². The summed E-state index contributed by atoms with van der Waals surface area (Å²) in [6.07, 6.45) is 2.93. The van der Waals surface area contributed by atoms with Crippen LogP contribution in [0.15, 0.2) is 18.3 Å². The van der Waals surface area contributed by atoms with E-state index >= 15 is 0 Å². The number of rotatable bonds is 5. The normalized spacial score (nSPS) is 10.9. The number of aromatic nitrogens is 1. The Bertz CT molecular complexity index is 408. The van der Waals surface area contributed by atoms with Crippen molar-refractivity contribution in [2.75, 3.05) is 6.54 Å². The summed E-state index contributed by atoms with van der Waals surface area (Å²) in [6, 6.07) is 4.00. The fourth-order valence-electron chi connectivity index (χ4n) is 1.37. The standard InChI is InChI=1S/C11H13ClN2S2/c1-8-6-14-11(15-8)4-5-13-7-9-2-3-10(12)16-9/h2-3,6,13H,4-5,7H2,1H3. The molecule has 2 nitrogen and oxygen atoms in total. The molecule has 0 fully saturated rings. The number of halogens is 1. The van der Waals surface area contributed by atoms with Crippen molar-refractivity contribution < 1.29 is 0 Å². The summed E-state index contributed by atoms with van der Waals surface area (Å²) in [5.41, 5.74) is 0. The van der Waals surface area contributed by atoms with Crippen LogP contribution in [0.3, 0.4) is 0 Å². The molecule has 86 valence electrons. The van der Waals surface area contributed by atoms with Gasteiger partial charge in [-0.3, -0.25) is 0 Å². The minimum atomic E-state index is 0.854. The van der Waals surface area contributed by atoms with Crippen molar-refractivity contribution >= 4 is 34.3 Å². The highest BCUT2D eigenvalue weighted by Gasteiger charge is 1.99. The molecule has 0 unspecified atom stereocenters. The van der Waals surface area contributed by atoms with E-state index in [1.54, 1.807) is 22.7 Å². The summed E-state index contributed by atoms with van der Waals surface area (Å²) < 4.78 is 0.854. The van der Waals surface area contributed by atoms with E-state index in [9.17, 15) is 0 Å². The molecular formula is C11H13ClN2S2. The molecular weight excluding hydrogens is 260 g/mol. The quantitative estimate of drug-likeness (QED) is 0.843. The Morgan fingerprint density at radius 3 is 2.88 bits per heavy atom. The number of aryl methyl sites for hydroxylation is 1. The van der Waals surface area contributed by atoms with Crippen LogP contribution in [0, 0.1) is 6.92 Å². The van der Waals surface area contributed by atoms with Gasteiger partial charge in [0.25, 0.3) is 0 Å². The van der Waals surface area contributed by atoms with Gasteiger partial charge < -0.3 is 5.32 Å². The zero-order valence-corrected chi connectivity index (χ0v) is 11.4. The number of nitrogens with one attached hydrogen (secondary N) is 1. The van der Waals surface area contributed by atoms with Crippen molar-refractivity contribution in [1.29, 1.82) is 0 Å². The van der Waals surface area contributed by atoms with Gasteiger partial charge >= 0.3 is 0 Å². The molecule has 2 heterocycles. The van der Waals surface area contributed by atoms with Crippen molar-refractivity contribution in [2.24, 2.45) is 0 Å². The minimum Gasteiger partial charge on any atom is -0.311 e. The highest BCUT2D eigenvalue weighted by molar-refractivity contribution is 7.16. The van der Waals surface area contributed by atoms with E-state index in [2.05, 4.69) is 23.3 Å². The number of hydrogen-bond donors (Lipinski definition) is 1. The van der Waals surface area contributed by atoms with Crippen LogP contribution in [0.5, 0.6) is 0 Å². The van der Waals surface area contributed by atoms with Crippen LogP contribution in [-0.2, 0) is 13.0 Å². The molecule has 16 heavy (non-hydrogen) atoms. The lowest BCUT2D eigenvalue weighted by Gasteiger charge is -2.00. The maximum Gasteiger partial charge on any atom is 0.0940 e. The maximum atomic E-state index is 5.85. The summed E-state index contributed by atoms with van der Waals surface area (Å²) in [6.45, 7) is 3.94. The van der Waals surface area contributed by atoms with Crippen molar-refractivity contribution in [3.63, 3.8) is 0 Å². The van der Waals surface area contributed by atoms with Crippen molar-refractivity contribution in [3.05, 3.63) is 37.4 Å². The van der Waals surface area contributed by atoms with E-state index < -0.39 is 0 Å². The Morgan fingerprint density at radius 2 is 2.25 bits per heavy atom. The van der Waals surface area contributed by atoms with Gasteiger partial charge in [0.2, 0.25) is 0 Å². The SMILES string of the molecule is Cc1cnc(CCNCc2ccc(Cl)s2)s1. The Labute approximate surface area is 108 Å². The molecule has 5 heteroatoms. The zero-order chi connectivity index (χ0) is 11.4. The number of thiazole rings is 1. The molecule has 0 aliphatic rings. The Kier molecular flexibility index (Phi) is 4.35. The highest BCUT2D eigenvalue weighted by Crippen LogP contribution is 2.21. The van der Waals surface area contributed by atoms with Crippen LogP contribution >= 0.6 is 34.3 Å². The third-order valence-corrected chi connectivity index (χ3v) is 4.32. The summed E-state index contributed by atoms with van der Waals surface area (Å²) in [5, 5.41) is 4.59. The first-order chi connectivity index (χ1) is 7.74. The smallest absolute Gasteiger partial charge is 0.0940 e. The fourth-order valence-corrected chi connectivity index (χ4v) is 3.21. The van der Waals surface area contributed by atoms with E-state index in [4.69, 9.17) is 11.6 Å². The van der Waals surface area contributed by atoms with Gasteiger partial charge in [0, 0.05) is 35.5 Å². The third kappa shape index (κ3) is 3.56. The molecule has 2 aromatic heterocycles. The highest BCUT2D eigenvalue weighted by atomic mass is 35.5. The lowest BCUT2D eigenvalue weighted by Crippen LogP contribution is -2.15. The molecule has 0 aliphatic carbocycles. The summed E-state index contributed by atoms with van der Waals surface area (Å²) in [5.74, 6) is 0. The van der Waals surface area contributed by atoms with Crippen LogP contribution in [0.1, 0.15) is 14.8 Å². The fraction of sp³-hybridized carbons (Fsp3) is 0.364. The second kappa shape index (κ2) is 5.77. The molecule has 0 bridgehead atoms. The van der Waals surface area contributed by atoms with Gasteiger partial charge in [0.05, 0.1) is 9.34 Å². The predicted octanol–water partition coefficient (Wildman–Crippen LogP) is 3.50. The maximum absolute atomic E-state index is 5.85. The van der Waals surface area contributed by atoms with Crippen LogP contribution in [-0.4, -0.2) is 11.5 Å². The molecule has 2 rings (SSSR count). The van der Waals surface area contributed by atoms with Gasteiger partial charge in [-0.05, 0) is 19.1 Å². The number of hydrogen-bond acceptors (Lipinski definition) is 4. The average molecular weight is 273 g/mol. The van der Waals surface area contributed by atoms with Crippen molar-refractivity contribution in [2.45, 2.75) is 19.9 Å². The minimum absolute atomic E-state index is 0.854. The molecule has 2 aromatic rings. The van der Waals surface area contributed by atoms with Gasteiger partial charge in [-0.15, -0.1) is 22.7 Å². The summed E-state index contributed by atoms with van der Waals surface area (Å²) >= 11 is 9.25. The molecule has 1 N–H and O–H groups in total. The Balaban J connectivity index is 1.69. The van der Waals surface area contributed by atoms with E-state index in [0.717, 1.165) is 23.8 Å². The first-order valence-electron chi connectivity index (χ1n) is 5.10. The van der Waals surface area contributed by atoms with Crippen molar-refractivity contribution in [1.82, 2.24) is 10.3 Å². The third-order valence-electron chi connectivity index (χ3n) is 2.11. The van der Waals surface area contributed by atoms with Crippen LogP contribution in [0.25, 0.3) is 0 Å². The molecule has 0 spiro atoms. The lowest BCUT2D eigenvalue weighted by atomic mass is 10.4. The largest absolute Gasteiger partial charge is 0.311 e. The van der Waals surface area contributed by atoms with Gasteiger partial charge in [0.15, 0.2) is 0 Å². The topological polar surface area (TPSA) is 24.9 Å². The van der Waals surface area contributed by atoms with Gasteiger partial charge in [0.1, 0.15) is 0 Å². The molecule has 0 aliphatic heterocycles. The van der Waals surface area contributed by atoms with E-state index in [1.165, 1.54) is 14.8 Å². The van der Waals surface area contributed by atoms with E-state index in [0.29, 0.717) is 0 Å². The zero-order valence-electron chi connectivity index (χ0n) is 9.00. The van der Waals surface area contributed by atoms with Crippen LogP contribution in [0.4, 0.5) is 0 Å². The van der Waals surface area contributed by atoms with Crippen LogP contribution < -0.4 is 5.32 Å². The predicted molar refractivity (Wildman–Crippen MR) is 71.6 cm³/mol. The monoisotopic (exact) mass is 272 g/mol. The second-order valence-corrected chi connectivity index (χ2v) is 6.62. The van der Waals surface area contributed by atoms with E-state index in [1.807, 2.05) is 12.3 Å². The van der Waals surface area contributed by atoms with Gasteiger partial charge in [-0.2, -0.15) is 0 Å². The first kappa shape index (κ1) is 12.0. The number of thiophene rings is 1. The van der Waals surface area contributed by atoms with Gasteiger partial charge in [-0.1, -0.05) is 11.6 Å². The summed E-state index contributed by atoms with van der Waals surface area (Å²) in [4.78, 5) is 6.88.